The van der Waals surface area contributed by atoms with E-state index in [1.165, 1.54) is 80.3 Å². The maximum absolute atomic E-state index is 12.6. The summed E-state index contributed by atoms with van der Waals surface area (Å²) < 4.78 is 5.24. The first kappa shape index (κ1) is 28.7. The SMILES string of the molecule is CCCCCCCCCCCCCNCC(=O)N(C)CC(=O)N(CC(N)=O)Cc1ccco1. The summed E-state index contributed by atoms with van der Waals surface area (Å²) >= 11 is 0. The molecular weight excluding hydrogens is 420 g/mol. The fourth-order valence-electron chi connectivity index (χ4n) is 3.65. The van der Waals surface area contributed by atoms with Gasteiger partial charge in [-0.05, 0) is 25.1 Å². The molecule has 0 atom stereocenters. The third-order valence-electron chi connectivity index (χ3n) is 5.66. The van der Waals surface area contributed by atoms with Gasteiger partial charge in [-0.25, -0.2) is 0 Å². The molecule has 1 rings (SSSR count). The highest BCUT2D eigenvalue weighted by Gasteiger charge is 2.21. The zero-order valence-corrected chi connectivity index (χ0v) is 20.7. The van der Waals surface area contributed by atoms with Crippen molar-refractivity contribution in [2.75, 3.05) is 33.2 Å². The second kappa shape index (κ2) is 18.1. The van der Waals surface area contributed by atoms with Crippen LogP contribution in [0.4, 0.5) is 0 Å². The number of likely N-dealkylation sites (N-methyl/N-ethyl adjacent to an activating group) is 1. The summed E-state index contributed by atoms with van der Waals surface area (Å²) in [4.78, 5) is 38.9. The summed E-state index contributed by atoms with van der Waals surface area (Å²) in [7, 11) is 1.58. The molecule has 0 spiro atoms. The number of nitrogens with two attached hydrogens (primary N) is 1. The van der Waals surface area contributed by atoms with Gasteiger partial charge in [0.1, 0.15) is 5.76 Å². The first-order chi connectivity index (χ1) is 15.9. The number of amides is 3. The second-order valence-electron chi connectivity index (χ2n) is 8.76. The van der Waals surface area contributed by atoms with E-state index in [0.29, 0.717) is 5.76 Å². The van der Waals surface area contributed by atoms with Gasteiger partial charge >= 0.3 is 0 Å². The molecule has 3 amide bonds. The Morgan fingerprint density at radius 2 is 1.52 bits per heavy atom. The molecule has 0 radical (unpaired) electrons. The zero-order chi connectivity index (χ0) is 24.3. The number of primary amides is 1. The molecule has 0 unspecified atom stereocenters. The highest BCUT2D eigenvalue weighted by atomic mass is 16.3. The van der Waals surface area contributed by atoms with Crippen molar-refractivity contribution in [3.63, 3.8) is 0 Å². The number of hydrogen-bond donors (Lipinski definition) is 2. The van der Waals surface area contributed by atoms with Gasteiger partial charge in [0.25, 0.3) is 0 Å². The molecule has 0 aliphatic carbocycles. The summed E-state index contributed by atoms with van der Waals surface area (Å²) in [5.41, 5.74) is 5.26. The van der Waals surface area contributed by atoms with E-state index in [-0.39, 0.29) is 38.0 Å². The van der Waals surface area contributed by atoms with Crippen LogP contribution in [0.25, 0.3) is 0 Å². The summed E-state index contributed by atoms with van der Waals surface area (Å²) in [5, 5.41) is 3.16. The number of carbonyl (C=O) groups excluding carboxylic acids is 3. The molecule has 0 aliphatic heterocycles. The van der Waals surface area contributed by atoms with E-state index in [9.17, 15) is 14.4 Å². The summed E-state index contributed by atoms with van der Waals surface area (Å²) in [5.74, 6) is -0.584. The Kier molecular flexibility index (Phi) is 15.7. The Balaban J connectivity index is 2.13. The quantitative estimate of drug-likeness (QED) is 0.287. The van der Waals surface area contributed by atoms with Crippen LogP contribution in [0, 0.1) is 0 Å². The van der Waals surface area contributed by atoms with Crippen LogP contribution < -0.4 is 11.1 Å². The average Bonchev–Trinajstić information content (AvgIpc) is 3.29. The van der Waals surface area contributed by atoms with Gasteiger partial charge in [0.15, 0.2) is 0 Å². The predicted octanol–water partition coefficient (Wildman–Crippen LogP) is 3.45. The molecule has 1 heterocycles. The minimum Gasteiger partial charge on any atom is -0.467 e. The Hall–Kier alpha value is -2.35. The van der Waals surface area contributed by atoms with Gasteiger partial charge in [-0.15, -0.1) is 0 Å². The molecule has 0 aromatic carbocycles. The Labute approximate surface area is 199 Å². The summed E-state index contributed by atoms with van der Waals surface area (Å²) in [6.07, 6.45) is 15.7. The molecule has 188 valence electrons. The Morgan fingerprint density at radius 3 is 2.06 bits per heavy atom. The lowest BCUT2D eigenvalue weighted by molar-refractivity contribution is -0.141. The highest BCUT2D eigenvalue weighted by Crippen LogP contribution is 2.11. The Morgan fingerprint density at radius 1 is 0.909 bits per heavy atom. The van der Waals surface area contributed by atoms with Crippen molar-refractivity contribution >= 4 is 17.7 Å². The van der Waals surface area contributed by atoms with Crippen molar-refractivity contribution in [1.29, 1.82) is 0 Å². The number of nitrogens with zero attached hydrogens (tertiary/aromatic N) is 2. The van der Waals surface area contributed by atoms with Crippen LogP contribution in [0.5, 0.6) is 0 Å². The molecule has 1 aromatic rings. The third kappa shape index (κ3) is 14.4. The number of furan rings is 1. The first-order valence-electron chi connectivity index (χ1n) is 12.5. The van der Waals surface area contributed by atoms with E-state index < -0.39 is 5.91 Å². The topological polar surface area (TPSA) is 109 Å². The van der Waals surface area contributed by atoms with Crippen molar-refractivity contribution in [3.8, 4) is 0 Å². The molecule has 1 aromatic heterocycles. The zero-order valence-electron chi connectivity index (χ0n) is 20.7. The van der Waals surface area contributed by atoms with E-state index in [1.54, 1.807) is 19.2 Å². The maximum Gasteiger partial charge on any atom is 0.243 e. The monoisotopic (exact) mass is 464 g/mol. The second-order valence-corrected chi connectivity index (χ2v) is 8.76. The number of nitrogens with one attached hydrogen (secondary N) is 1. The van der Waals surface area contributed by atoms with Crippen LogP contribution in [0.15, 0.2) is 22.8 Å². The number of rotatable bonds is 20. The molecule has 0 bridgehead atoms. The van der Waals surface area contributed by atoms with Crippen LogP contribution in [0.1, 0.15) is 83.3 Å². The minimum absolute atomic E-state index is 0.118. The molecule has 0 saturated carbocycles. The average molecular weight is 465 g/mol. The molecule has 0 aliphatic rings. The van der Waals surface area contributed by atoms with Gasteiger partial charge < -0.3 is 25.3 Å². The highest BCUT2D eigenvalue weighted by molar-refractivity contribution is 5.88. The van der Waals surface area contributed by atoms with E-state index in [4.69, 9.17) is 10.2 Å². The molecule has 8 heteroatoms. The van der Waals surface area contributed by atoms with Crippen molar-refractivity contribution in [1.82, 2.24) is 15.1 Å². The van der Waals surface area contributed by atoms with Crippen LogP contribution >= 0.6 is 0 Å². The fourth-order valence-corrected chi connectivity index (χ4v) is 3.65. The third-order valence-corrected chi connectivity index (χ3v) is 5.66. The lowest BCUT2D eigenvalue weighted by atomic mass is 10.1. The fraction of sp³-hybridized carbons (Fsp3) is 0.720. The molecule has 0 fully saturated rings. The van der Waals surface area contributed by atoms with Crippen molar-refractivity contribution in [2.45, 2.75) is 84.1 Å². The number of unbranched alkanes of at least 4 members (excludes halogenated alkanes) is 10. The molecule has 8 nitrogen and oxygen atoms in total. The van der Waals surface area contributed by atoms with Crippen LogP contribution in [0.2, 0.25) is 0 Å². The van der Waals surface area contributed by atoms with Gasteiger partial charge in [-0.1, -0.05) is 71.1 Å². The van der Waals surface area contributed by atoms with Gasteiger partial charge in [0.05, 0.1) is 32.4 Å². The van der Waals surface area contributed by atoms with Gasteiger partial charge in [-0.2, -0.15) is 0 Å². The van der Waals surface area contributed by atoms with Gasteiger partial charge in [0, 0.05) is 7.05 Å². The van der Waals surface area contributed by atoms with Crippen LogP contribution in [0.3, 0.4) is 0 Å². The van der Waals surface area contributed by atoms with Crippen LogP contribution in [-0.4, -0.2) is 60.7 Å². The lowest BCUT2D eigenvalue weighted by Gasteiger charge is -2.24. The maximum atomic E-state index is 12.6. The number of hydrogen-bond acceptors (Lipinski definition) is 5. The molecule has 33 heavy (non-hydrogen) atoms. The normalized spacial score (nSPS) is 10.8. The van der Waals surface area contributed by atoms with E-state index in [0.717, 1.165) is 13.0 Å². The van der Waals surface area contributed by atoms with Gasteiger partial charge in [-0.3, -0.25) is 14.4 Å². The number of carbonyl (C=O) groups is 3. The van der Waals surface area contributed by atoms with E-state index >= 15 is 0 Å². The first-order valence-corrected chi connectivity index (χ1v) is 12.5. The smallest absolute Gasteiger partial charge is 0.243 e. The minimum atomic E-state index is -0.613. The van der Waals surface area contributed by atoms with E-state index in [2.05, 4.69) is 12.2 Å². The molecule has 0 saturated heterocycles. The van der Waals surface area contributed by atoms with Crippen molar-refractivity contribution in [2.24, 2.45) is 5.73 Å². The van der Waals surface area contributed by atoms with Crippen molar-refractivity contribution in [3.05, 3.63) is 24.2 Å². The lowest BCUT2D eigenvalue weighted by Crippen LogP contribution is -2.45. The summed E-state index contributed by atoms with van der Waals surface area (Å²) in [6.45, 7) is 3.02. The predicted molar refractivity (Wildman–Crippen MR) is 130 cm³/mol. The van der Waals surface area contributed by atoms with Crippen molar-refractivity contribution < 1.29 is 18.8 Å². The Bertz CT molecular complexity index is 663. The largest absolute Gasteiger partial charge is 0.467 e. The van der Waals surface area contributed by atoms with E-state index in [1.807, 2.05) is 0 Å². The van der Waals surface area contributed by atoms with Gasteiger partial charge in [0.2, 0.25) is 17.7 Å². The molecule has 3 N–H and O–H groups in total. The standard InChI is InChI=1S/C25H44N4O4/c1-3-4-5-6-7-8-9-10-11-12-13-16-27-18-24(31)28(2)21-25(32)29(20-23(26)30)19-22-15-14-17-33-22/h14-15,17,27H,3-13,16,18-21H2,1-2H3,(H2,26,30). The summed E-state index contributed by atoms with van der Waals surface area (Å²) in [6, 6.07) is 3.42. The van der Waals surface area contributed by atoms with Crippen LogP contribution in [-0.2, 0) is 20.9 Å². The molecular formula is C25H44N4O4.